The maximum Gasteiger partial charge on any atom is 0.269 e. The Hall–Kier alpha value is -2.09. The van der Waals surface area contributed by atoms with E-state index in [9.17, 15) is 19.7 Å². The SMILES string of the molecule is CC(Sc1ccc([N+](=O)[O-])cc1)C(=O)NCCCN1CCCC1=O. The zero-order valence-electron chi connectivity index (χ0n) is 13.6. The lowest BCUT2D eigenvalue weighted by Gasteiger charge is -2.16. The number of benzene rings is 1. The Morgan fingerprint density at radius 1 is 1.42 bits per heavy atom. The van der Waals surface area contributed by atoms with E-state index in [1.54, 1.807) is 19.1 Å². The molecule has 2 amide bonds. The lowest BCUT2D eigenvalue weighted by atomic mass is 10.3. The van der Waals surface area contributed by atoms with E-state index in [0.29, 0.717) is 19.5 Å². The first-order valence-corrected chi connectivity index (χ1v) is 8.82. The van der Waals surface area contributed by atoms with Crippen molar-refractivity contribution in [2.75, 3.05) is 19.6 Å². The molecule has 1 unspecified atom stereocenters. The summed E-state index contributed by atoms with van der Waals surface area (Å²) in [6.45, 7) is 3.83. The average molecular weight is 351 g/mol. The first-order chi connectivity index (χ1) is 11.5. The second kappa shape index (κ2) is 8.68. The summed E-state index contributed by atoms with van der Waals surface area (Å²) in [5, 5.41) is 13.2. The monoisotopic (exact) mass is 351 g/mol. The highest BCUT2D eigenvalue weighted by molar-refractivity contribution is 8.00. The highest BCUT2D eigenvalue weighted by Crippen LogP contribution is 2.25. The molecule has 130 valence electrons. The maximum atomic E-state index is 12.1. The van der Waals surface area contributed by atoms with Gasteiger partial charge in [-0.2, -0.15) is 0 Å². The van der Waals surface area contributed by atoms with Gasteiger partial charge in [0.25, 0.3) is 5.69 Å². The highest BCUT2D eigenvalue weighted by atomic mass is 32.2. The topological polar surface area (TPSA) is 92.5 Å². The van der Waals surface area contributed by atoms with Gasteiger partial charge < -0.3 is 10.2 Å². The first kappa shape index (κ1) is 18.3. The van der Waals surface area contributed by atoms with Crippen molar-refractivity contribution in [3.8, 4) is 0 Å². The second-order valence-corrected chi connectivity index (χ2v) is 7.05. The van der Waals surface area contributed by atoms with Crippen molar-refractivity contribution < 1.29 is 14.5 Å². The fourth-order valence-electron chi connectivity index (χ4n) is 2.47. The molecule has 0 aliphatic carbocycles. The third-order valence-corrected chi connectivity index (χ3v) is 4.92. The minimum absolute atomic E-state index is 0.0351. The van der Waals surface area contributed by atoms with Crippen LogP contribution in [0.25, 0.3) is 0 Å². The number of nitro groups is 1. The van der Waals surface area contributed by atoms with E-state index >= 15 is 0 Å². The summed E-state index contributed by atoms with van der Waals surface area (Å²) in [6, 6.07) is 6.15. The van der Waals surface area contributed by atoms with E-state index in [1.165, 1.54) is 23.9 Å². The van der Waals surface area contributed by atoms with Gasteiger partial charge >= 0.3 is 0 Å². The van der Waals surface area contributed by atoms with Crippen molar-refractivity contribution in [2.45, 2.75) is 36.3 Å². The maximum absolute atomic E-state index is 12.1. The molecule has 1 aliphatic rings. The fraction of sp³-hybridized carbons (Fsp3) is 0.500. The molecule has 2 rings (SSSR count). The van der Waals surface area contributed by atoms with Crippen molar-refractivity contribution in [1.29, 1.82) is 0 Å². The number of carbonyl (C=O) groups excluding carboxylic acids is 2. The Balaban J connectivity index is 1.69. The Morgan fingerprint density at radius 3 is 2.71 bits per heavy atom. The molecule has 0 saturated carbocycles. The summed E-state index contributed by atoms with van der Waals surface area (Å²) in [5.41, 5.74) is 0.0351. The molecule has 1 atom stereocenters. The summed E-state index contributed by atoms with van der Waals surface area (Å²) >= 11 is 1.36. The van der Waals surface area contributed by atoms with Gasteiger partial charge in [0.15, 0.2) is 0 Å². The Morgan fingerprint density at radius 2 is 2.12 bits per heavy atom. The standard InChI is InChI=1S/C16H21N3O4S/c1-12(24-14-7-5-13(6-8-14)19(22)23)16(21)17-9-3-11-18-10-2-4-15(18)20/h5-8,12H,2-4,9-11H2,1H3,(H,17,21). The van der Waals surface area contributed by atoms with Crippen molar-refractivity contribution in [3.05, 3.63) is 34.4 Å². The predicted molar refractivity (Wildman–Crippen MR) is 91.9 cm³/mol. The number of likely N-dealkylation sites (tertiary alicyclic amines) is 1. The fourth-order valence-corrected chi connectivity index (χ4v) is 3.36. The summed E-state index contributed by atoms with van der Waals surface area (Å²) < 4.78 is 0. The summed E-state index contributed by atoms with van der Waals surface area (Å²) in [5.74, 6) is 0.120. The predicted octanol–water partition coefficient (Wildman–Crippen LogP) is 2.20. The normalized spacial score (nSPS) is 15.4. The second-order valence-electron chi connectivity index (χ2n) is 5.64. The van der Waals surface area contributed by atoms with Gasteiger partial charge in [0.1, 0.15) is 0 Å². The van der Waals surface area contributed by atoms with Crippen LogP contribution in [0.5, 0.6) is 0 Å². The van der Waals surface area contributed by atoms with Crippen LogP contribution in [0.1, 0.15) is 26.2 Å². The van der Waals surface area contributed by atoms with Crippen molar-refractivity contribution >= 4 is 29.3 Å². The summed E-state index contributed by atoms with van der Waals surface area (Å²) in [4.78, 5) is 36.3. The van der Waals surface area contributed by atoms with Gasteiger partial charge in [-0.1, -0.05) is 0 Å². The van der Waals surface area contributed by atoms with Crippen LogP contribution in [-0.4, -0.2) is 46.5 Å². The van der Waals surface area contributed by atoms with Gasteiger partial charge in [-0.05, 0) is 31.9 Å². The minimum atomic E-state index is -0.449. The minimum Gasteiger partial charge on any atom is -0.355 e. The number of thioether (sulfide) groups is 1. The number of nitrogens with one attached hydrogen (secondary N) is 1. The first-order valence-electron chi connectivity index (χ1n) is 7.94. The average Bonchev–Trinajstić information content (AvgIpc) is 2.97. The number of nitro benzene ring substituents is 1. The number of non-ortho nitro benzene ring substituents is 1. The molecule has 1 fully saturated rings. The molecule has 1 heterocycles. The van der Waals surface area contributed by atoms with E-state index in [0.717, 1.165) is 24.3 Å². The number of carbonyl (C=O) groups is 2. The molecular formula is C16H21N3O4S. The number of hydrogen-bond donors (Lipinski definition) is 1. The molecule has 1 aromatic carbocycles. The quantitative estimate of drug-likeness (QED) is 0.335. The molecule has 0 bridgehead atoms. The highest BCUT2D eigenvalue weighted by Gasteiger charge is 2.19. The third-order valence-electron chi connectivity index (χ3n) is 3.81. The van der Waals surface area contributed by atoms with Crippen molar-refractivity contribution in [1.82, 2.24) is 10.2 Å². The zero-order valence-corrected chi connectivity index (χ0v) is 14.4. The van der Waals surface area contributed by atoms with Gasteiger partial charge in [-0.3, -0.25) is 19.7 Å². The van der Waals surface area contributed by atoms with Gasteiger partial charge in [0, 0.05) is 43.1 Å². The third kappa shape index (κ3) is 5.23. The van der Waals surface area contributed by atoms with Crippen LogP contribution >= 0.6 is 11.8 Å². The molecule has 8 heteroatoms. The molecule has 1 saturated heterocycles. The van der Waals surface area contributed by atoms with E-state index in [1.807, 2.05) is 4.90 Å². The smallest absolute Gasteiger partial charge is 0.269 e. The molecule has 7 nitrogen and oxygen atoms in total. The van der Waals surface area contributed by atoms with Gasteiger partial charge in [0.2, 0.25) is 11.8 Å². The molecule has 24 heavy (non-hydrogen) atoms. The van der Waals surface area contributed by atoms with E-state index in [-0.39, 0.29) is 22.8 Å². The Bertz CT molecular complexity index is 606. The molecule has 1 N–H and O–H groups in total. The lowest BCUT2D eigenvalue weighted by Crippen LogP contribution is -2.34. The Kier molecular flexibility index (Phi) is 6.60. The zero-order chi connectivity index (χ0) is 17.5. The van der Waals surface area contributed by atoms with Crippen LogP contribution in [0.2, 0.25) is 0 Å². The number of amides is 2. The lowest BCUT2D eigenvalue weighted by molar-refractivity contribution is -0.384. The number of rotatable bonds is 8. The van der Waals surface area contributed by atoms with Gasteiger partial charge in [0.05, 0.1) is 10.2 Å². The molecule has 1 aliphatic heterocycles. The van der Waals surface area contributed by atoms with Crippen LogP contribution < -0.4 is 5.32 Å². The molecule has 0 spiro atoms. The van der Waals surface area contributed by atoms with E-state index in [4.69, 9.17) is 0 Å². The van der Waals surface area contributed by atoms with Crippen molar-refractivity contribution in [2.24, 2.45) is 0 Å². The van der Waals surface area contributed by atoms with E-state index < -0.39 is 4.92 Å². The van der Waals surface area contributed by atoms with Gasteiger partial charge in [-0.15, -0.1) is 11.8 Å². The van der Waals surface area contributed by atoms with Crippen molar-refractivity contribution in [3.63, 3.8) is 0 Å². The summed E-state index contributed by atoms with van der Waals surface area (Å²) in [7, 11) is 0. The van der Waals surface area contributed by atoms with Crippen LogP contribution in [0.3, 0.4) is 0 Å². The number of hydrogen-bond acceptors (Lipinski definition) is 5. The molecule has 1 aromatic rings. The summed E-state index contributed by atoms with van der Waals surface area (Å²) in [6.07, 6.45) is 2.30. The van der Waals surface area contributed by atoms with E-state index in [2.05, 4.69) is 5.32 Å². The van der Waals surface area contributed by atoms with Crippen LogP contribution in [0.15, 0.2) is 29.2 Å². The molecule has 0 radical (unpaired) electrons. The number of nitrogens with zero attached hydrogens (tertiary/aromatic N) is 2. The largest absolute Gasteiger partial charge is 0.355 e. The Labute approximate surface area is 144 Å². The van der Waals surface area contributed by atoms with Crippen LogP contribution in [0.4, 0.5) is 5.69 Å². The van der Waals surface area contributed by atoms with Crippen LogP contribution in [-0.2, 0) is 9.59 Å². The van der Waals surface area contributed by atoms with Gasteiger partial charge in [-0.25, -0.2) is 0 Å². The van der Waals surface area contributed by atoms with Crippen LogP contribution in [0, 0.1) is 10.1 Å². The molecule has 0 aromatic heterocycles. The molecular weight excluding hydrogens is 330 g/mol.